The summed E-state index contributed by atoms with van der Waals surface area (Å²) in [7, 11) is 0. The SMILES string of the molecule is N#Cc1cccc(CC(=O)NC2CCC(NCc3nccc(Nc4cc(C5CC5)[nH]n4)n3)CC2)n1. The summed E-state index contributed by atoms with van der Waals surface area (Å²) >= 11 is 0. The minimum atomic E-state index is -0.0529. The van der Waals surface area contributed by atoms with Crippen molar-refractivity contribution >= 4 is 17.5 Å². The largest absolute Gasteiger partial charge is 0.353 e. The van der Waals surface area contributed by atoms with Gasteiger partial charge < -0.3 is 16.0 Å². The maximum atomic E-state index is 12.4. The monoisotopic (exact) mass is 471 g/mol. The number of anilines is 2. The number of hydrogen-bond donors (Lipinski definition) is 4. The van der Waals surface area contributed by atoms with Gasteiger partial charge in [-0.05, 0) is 56.7 Å². The van der Waals surface area contributed by atoms with Crippen molar-refractivity contribution in [3.8, 4) is 6.07 Å². The molecule has 0 spiro atoms. The molecule has 0 aromatic carbocycles. The number of rotatable bonds is 9. The van der Waals surface area contributed by atoms with Crippen molar-refractivity contribution in [1.82, 2.24) is 35.8 Å². The quantitative estimate of drug-likeness (QED) is 0.373. The van der Waals surface area contributed by atoms with E-state index in [1.807, 2.05) is 12.1 Å². The molecule has 10 nitrogen and oxygen atoms in total. The fourth-order valence-corrected chi connectivity index (χ4v) is 4.45. The molecule has 2 aliphatic carbocycles. The average Bonchev–Trinajstić information content (AvgIpc) is 3.63. The molecule has 0 unspecified atom stereocenters. The molecule has 0 bridgehead atoms. The van der Waals surface area contributed by atoms with E-state index in [0.29, 0.717) is 29.9 Å². The van der Waals surface area contributed by atoms with Crippen LogP contribution in [0, 0.1) is 11.3 Å². The highest BCUT2D eigenvalue weighted by Gasteiger charge is 2.25. The lowest BCUT2D eigenvalue weighted by Gasteiger charge is -2.29. The number of hydrogen-bond acceptors (Lipinski definition) is 8. The van der Waals surface area contributed by atoms with E-state index >= 15 is 0 Å². The zero-order chi connectivity index (χ0) is 24.0. The molecule has 2 saturated carbocycles. The highest BCUT2D eigenvalue weighted by molar-refractivity contribution is 5.78. The molecular formula is C25H29N9O. The summed E-state index contributed by atoms with van der Waals surface area (Å²) < 4.78 is 0. The van der Waals surface area contributed by atoms with Crippen molar-refractivity contribution < 1.29 is 4.79 Å². The minimum Gasteiger partial charge on any atom is -0.353 e. The van der Waals surface area contributed by atoms with Gasteiger partial charge >= 0.3 is 0 Å². The van der Waals surface area contributed by atoms with E-state index in [-0.39, 0.29) is 18.4 Å². The second kappa shape index (κ2) is 10.6. The van der Waals surface area contributed by atoms with Crippen LogP contribution in [-0.2, 0) is 17.8 Å². The minimum absolute atomic E-state index is 0.0529. The Balaban J connectivity index is 1.04. The summed E-state index contributed by atoms with van der Waals surface area (Å²) in [5.41, 5.74) is 2.13. The van der Waals surface area contributed by atoms with Crippen molar-refractivity contribution in [2.24, 2.45) is 0 Å². The molecule has 5 rings (SSSR count). The highest BCUT2D eigenvalue weighted by Crippen LogP contribution is 2.39. The van der Waals surface area contributed by atoms with Crippen LogP contribution < -0.4 is 16.0 Å². The standard InChI is InChI=1S/C25H29N9O/c26-14-20-3-1-2-19(29-20)12-25(35)30-18-8-6-17(7-9-18)28-15-24-27-11-10-22(32-24)31-23-13-21(33-34-23)16-4-5-16/h1-3,10-11,13,16-18,28H,4-9,12,15H2,(H,30,35)(H2,27,31,32,33,34). The van der Waals surface area contributed by atoms with E-state index in [4.69, 9.17) is 5.26 Å². The lowest BCUT2D eigenvalue weighted by Crippen LogP contribution is -2.42. The molecule has 0 radical (unpaired) electrons. The third-order valence-electron chi connectivity index (χ3n) is 6.48. The molecule has 2 aliphatic rings. The predicted molar refractivity (Wildman–Crippen MR) is 130 cm³/mol. The van der Waals surface area contributed by atoms with E-state index in [2.05, 4.69) is 47.2 Å². The molecule has 0 saturated heterocycles. The van der Waals surface area contributed by atoms with Gasteiger partial charge in [0, 0.05) is 36.0 Å². The Hall–Kier alpha value is -3.84. The molecule has 4 N–H and O–H groups in total. The van der Waals surface area contributed by atoms with Crippen LogP contribution >= 0.6 is 0 Å². The number of H-pyrrole nitrogens is 1. The predicted octanol–water partition coefficient (Wildman–Crippen LogP) is 2.85. The number of aromatic amines is 1. The molecule has 2 fully saturated rings. The molecule has 0 atom stereocenters. The van der Waals surface area contributed by atoms with Gasteiger partial charge in [0.15, 0.2) is 5.82 Å². The van der Waals surface area contributed by atoms with E-state index in [1.165, 1.54) is 18.5 Å². The number of nitrogens with zero attached hydrogens (tertiary/aromatic N) is 5. The van der Waals surface area contributed by atoms with Crippen LogP contribution in [0.4, 0.5) is 11.6 Å². The molecule has 1 amide bonds. The first-order valence-electron chi connectivity index (χ1n) is 12.2. The zero-order valence-corrected chi connectivity index (χ0v) is 19.5. The maximum absolute atomic E-state index is 12.4. The van der Waals surface area contributed by atoms with Crippen LogP contribution in [0.15, 0.2) is 36.5 Å². The third-order valence-corrected chi connectivity index (χ3v) is 6.48. The number of nitrogens with one attached hydrogen (secondary N) is 4. The van der Waals surface area contributed by atoms with Gasteiger partial charge in [0.1, 0.15) is 23.4 Å². The van der Waals surface area contributed by atoms with E-state index < -0.39 is 0 Å². The molecule has 10 heteroatoms. The molecule has 3 aromatic heterocycles. The van der Waals surface area contributed by atoms with Crippen LogP contribution in [0.3, 0.4) is 0 Å². The van der Waals surface area contributed by atoms with Gasteiger partial charge in [0.05, 0.1) is 18.7 Å². The number of pyridine rings is 1. The normalized spacial score (nSPS) is 19.6. The second-order valence-electron chi connectivity index (χ2n) is 9.27. The molecular weight excluding hydrogens is 442 g/mol. The van der Waals surface area contributed by atoms with Gasteiger partial charge in [0.25, 0.3) is 0 Å². The average molecular weight is 472 g/mol. The lowest BCUT2D eigenvalue weighted by molar-refractivity contribution is -0.121. The third kappa shape index (κ3) is 6.39. The summed E-state index contributed by atoms with van der Waals surface area (Å²) in [6.45, 7) is 0.589. The Kier molecular flexibility index (Phi) is 6.95. The Bertz CT molecular complexity index is 1210. The van der Waals surface area contributed by atoms with Crippen LogP contribution in [0.5, 0.6) is 0 Å². The topological polar surface area (TPSA) is 144 Å². The molecule has 3 heterocycles. The van der Waals surface area contributed by atoms with E-state index in [1.54, 1.807) is 24.4 Å². The Labute approximate surface area is 204 Å². The number of nitriles is 1. The number of carbonyl (C=O) groups is 1. The van der Waals surface area contributed by atoms with Crippen molar-refractivity contribution in [2.75, 3.05) is 5.32 Å². The molecule has 3 aromatic rings. The van der Waals surface area contributed by atoms with Crippen LogP contribution in [0.25, 0.3) is 0 Å². The van der Waals surface area contributed by atoms with Crippen molar-refractivity contribution in [1.29, 1.82) is 5.26 Å². The Morgan fingerprint density at radius 1 is 1.06 bits per heavy atom. The number of amides is 1. The van der Waals surface area contributed by atoms with Crippen molar-refractivity contribution in [2.45, 2.75) is 69.5 Å². The fourth-order valence-electron chi connectivity index (χ4n) is 4.45. The van der Waals surface area contributed by atoms with E-state index in [9.17, 15) is 4.79 Å². The first kappa shape index (κ1) is 22.9. The van der Waals surface area contributed by atoms with Crippen LogP contribution in [0.2, 0.25) is 0 Å². The number of aromatic nitrogens is 5. The van der Waals surface area contributed by atoms with Gasteiger partial charge in [-0.25, -0.2) is 15.0 Å². The van der Waals surface area contributed by atoms with Gasteiger partial charge in [-0.1, -0.05) is 6.07 Å². The Morgan fingerprint density at radius 2 is 1.89 bits per heavy atom. The summed E-state index contributed by atoms with van der Waals surface area (Å²) in [4.78, 5) is 25.6. The maximum Gasteiger partial charge on any atom is 0.226 e. The summed E-state index contributed by atoms with van der Waals surface area (Å²) in [6.07, 6.45) is 8.19. The summed E-state index contributed by atoms with van der Waals surface area (Å²) in [5, 5.41) is 26.3. The van der Waals surface area contributed by atoms with Gasteiger partial charge in [-0.3, -0.25) is 9.89 Å². The fraction of sp³-hybridized carbons (Fsp3) is 0.440. The van der Waals surface area contributed by atoms with E-state index in [0.717, 1.165) is 43.1 Å². The number of carbonyl (C=O) groups excluding carboxylic acids is 1. The Morgan fingerprint density at radius 3 is 2.69 bits per heavy atom. The first-order chi connectivity index (χ1) is 17.1. The smallest absolute Gasteiger partial charge is 0.226 e. The van der Waals surface area contributed by atoms with Gasteiger partial charge in [0.2, 0.25) is 5.91 Å². The molecule has 180 valence electrons. The summed E-state index contributed by atoms with van der Waals surface area (Å²) in [5.74, 6) is 2.81. The van der Waals surface area contributed by atoms with Crippen molar-refractivity contribution in [3.63, 3.8) is 0 Å². The van der Waals surface area contributed by atoms with Gasteiger partial charge in [-0.2, -0.15) is 10.4 Å². The van der Waals surface area contributed by atoms with Crippen LogP contribution in [0.1, 0.15) is 67.3 Å². The molecule has 35 heavy (non-hydrogen) atoms. The van der Waals surface area contributed by atoms with Crippen LogP contribution in [-0.4, -0.2) is 43.1 Å². The highest BCUT2D eigenvalue weighted by atomic mass is 16.1. The van der Waals surface area contributed by atoms with Gasteiger partial charge in [-0.15, -0.1) is 0 Å². The molecule has 0 aliphatic heterocycles. The summed E-state index contributed by atoms with van der Waals surface area (Å²) in [6, 6.07) is 11.6. The zero-order valence-electron chi connectivity index (χ0n) is 19.5. The lowest BCUT2D eigenvalue weighted by atomic mass is 9.91. The first-order valence-corrected chi connectivity index (χ1v) is 12.2. The second-order valence-corrected chi connectivity index (χ2v) is 9.27. The van der Waals surface area contributed by atoms with Crippen molar-refractivity contribution in [3.05, 3.63) is 59.4 Å².